The SMILES string of the molecule is CCn1c(=O)c(C(=O)Nc2cccc(F)c2)nc2ccccc21. The minimum absolute atomic E-state index is 0.213. The fraction of sp³-hybridized carbons (Fsp3) is 0.118. The van der Waals surface area contributed by atoms with Crippen molar-refractivity contribution in [2.24, 2.45) is 0 Å². The van der Waals surface area contributed by atoms with Crippen molar-refractivity contribution in [3.8, 4) is 0 Å². The maximum absolute atomic E-state index is 13.2. The van der Waals surface area contributed by atoms with E-state index in [0.717, 1.165) is 0 Å². The van der Waals surface area contributed by atoms with Gasteiger partial charge in [-0.1, -0.05) is 18.2 Å². The van der Waals surface area contributed by atoms with Gasteiger partial charge in [-0.15, -0.1) is 0 Å². The number of halogens is 1. The molecule has 0 saturated heterocycles. The van der Waals surface area contributed by atoms with E-state index in [1.54, 1.807) is 24.3 Å². The third kappa shape index (κ3) is 2.83. The number of nitrogens with one attached hydrogen (secondary N) is 1. The molecule has 0 bridgehead atoms. The zero-order valence-corrected chi connectivity index (χ0v) is 12.4. The molecule has 0 unspecified atom stereocenters. The second kappa shape index (κ2) is 6.00. The molecule has 0 aliphatic rings. The molecular weight excluding hydrogens is 297 g/mol. The molecule has 5 nitrogen and oxygen atoms in total. The average molecular weight is 311 g/mol. The van der Waals surface area contributed by atoms with E-state index in [1.807, 2.05) is 13.0 Å². The van der Waals surface area contributed by atoms with E-state index in [-0.39, 0.29) is 11.4 Å². The van der Waals surface area contributed by atoms with Crippen molar-refractivity contribution in [1.29, 1.82) is 0 Å². The van der Waals surface area contributed by atoms with Crippen LogP contribution < -0.4 is 10.9 Å². The zero-order chi connectivity index (χ0) is 16.4. The number of hydrogen-bond acceptors (Lipinski definition) is 3. The van der Waals surface area contributed by atoms with E-state index in [1.165, 1.54) is 22.8 Å². The number of benzene rings is 2. The molecule has 0 atom stereocenters. The fourth-order valence-corrected chi connectivity index (χ4v) is 2.41. The minimum atomic E-state index is -0.659. The van der Waals surface area contributed by atoms with Gasteiger partial charge in [-0.3, -0.25) is 9.59 Å². The standard InChI is InChI=1S/C17H14FN3O2/c1-2-21-14-9-4-3-8-13(14)20-15(17(21)23)16(22)19-12-7-5-6-11(18)10-12/h3-10H,2H2,1H3,(H,19,22). The molecule has 3 aromatic rings. The van der Waals surface area contributed by atoms with Crippen molar-refractivity contribution < 1.29 is 9.18 Å². The van der Waals surface area contributed by atoms with Gasteiger partial charge in [0, 0.05) is 12.2 Å². The van der Waals surface area contributed by atoms with Crippen molar-refractivity contribution in [1.82, 2.24) is 9.55 Å². The number of carbonyl (C=O) groups excluding carboxylic acids is 1. The van der Waals surface area contributed by atoms with Crippen LogP contribution in [0.25, 0.3) is 11.0 Å². The van der Waals surface area contributed by atoms with Gasteiger partial charge in [0.15, 0.2) is 5.69 Å². The number of aryl methyl sites for hydroxylation is 1. The molecular formula is C17H14FN3O2. The van der Waals surface area contributed by atoms with Gasteiger partial charge in [0.1, 0.15) is 5.82 Å². The number of nitrogens with zero attached hydrogens (tertiary/aromatic N) is 2. The van der Waals surface area contributed by atoms with Crippen molar-refractivity contribution in [2.75, 3.05) is 5.32 Å². The van der Waals surface area contributed by atoms with E-state index in [2.05, 4.69) is 10.3 Å². The molecule has 0 saturated carbocycles. The smallest absolute Gasteiger partial charge is 0.282 e. The van der Waals surface area contributed by atoms with Crippen LogP contribution in [0.5, 0.6) is 0 Å². The molecule has 0 radical (unpaired) electrons. The van der Waals surface area contributed by atoms with E-state index >= 15 is 0 Å². The highest BCUT2D eigenvalue weighted by Gasteiger charge is 2.17. The lowest BCUT2D eigenvalue weighted by molar-refractivity contribution is 0.102. The van der Waals surface area contributed by atoms with Crippen molar-refractivity contribution in [3.63, 3.8) is 0 Å². The Bertz CT molecular complexity index is 950. The first-order chi connectivity index (χ1) is 11.1. The molecule has 0 aliphatic heterocycles. The summed E-state index contributed by atoms with van der Waals surface area (Å²) in [4.78, 5) is 29.0. The molecule has 116 valence electrons. The molecule has 0 fully saturated rings. The molecule has 2 aromatic carbocycles. The summed E-state index contributed by atoms with van der Waals surface area (Å²) in [6.07, 6.45) is 0. The first kappa shape index (κ1) is 14.9. The predicted octanol–water partition coefficient (Wildman–Crippen LogP) is 2.81. The minimum Gasteiger partial charge on any atom is -0.320 e. The molecule has 6 heteroatoms. The topological polar surface area (TPSA) is 64.0 Å². The Morgan fingerprint density at radius 2 is 2.00 bits per heavy atom. The van der Waals surface area contributed by atoms with E-state index < -0.39 is 17.3 Å². The maximum Gasteiger partial charge on any atom is 0.282 e. The van der Waals surface area contributed by atoms with Crippen LogP contribution in [-0.4, -0.2) is 15.5 Å². The Morgan fingerprint density at radius 1 is 1.22 bits per heavy atom. The molecule has 1 aromatic heterocycles. The van der Waals surface area contributed by atoms with Gasteiger partial charge in [0.05, 0.1) is 11.0 Å². The lowest BCUT2D eigenvalue weighted by atomic mass is 10.2. The van der Waals surface area contributed by atoms with Gasteiger partial charge >= 0.3 is 0 Å². The molecule has 0 aliphatic carbocycles. The summed E-state index contributed by atoms with van der Waals surface area (Å²) in [7, 11) is 0. The van der Waals surface area contributed by atoms with Crippen LogP contribution in [0.3, 0.4) is 0 Å². The number of carbonyl (C=O) groups is 1. The van der Waals surface area contributed by atoms with E-state index in [4.69, 9.17) is 0 Å². The molecule has 1 heterocycles. The van der Waals surface area contributed by atoms with Crippen LogP contribution in [0, 0.1) is 5.82 Å². The molecule has 3 rings (SSSR count). The van der Waals surface area contributed by atoms with Crippen LogP contribution in [0.2, 0.25) is 0 Å². The Morgan fingerprint density at radius 3 is 2.74 bits per heavy atom. The fourth-order valence-electron chi connectivity index (χ4n) is 2.41. The quantitative estimate of drug-likeness (QED) is 0.809. The van der Waals surface area contributed by atoms with Crippen LogP contribution in [0.15, 0.2) is 53.3 Å². The van der Waals surface area contributed by atoms with Crippen LogP contribution in [-0.2, 0) is 6.54 Å². The number of rotatable bonds is 3. The average Bonchev–Trinajstić information content (AvgIpc) is 2.54. The monoisotopic (exact) mass is 311 g/mol. The lowest BCUT2D eigenvalue weighted by Gasteiger charge is -2.10. The third-order valence-electron chi connectivity index (χ3n) is 3.47. The predicted molar refractivity (Wildman–Crippen MR) is 86.0 cm³/mol. The number of hydrogen-bond donors (Lipinski definition) is 1. The largest absolute Gasteiger partial charge is 0.320 e. The Kier molecular flexibility index (Phi) is 3.89. The first-order valence-corrected chi connectivity index (χ1v) is 7.16. The van der Waals surface area contributed by atoms with Crippen molar-refractivity contribution >= 4 is 22.6 Å². The molecule has 23 heavy (non-hydrogen) atoms. The number of para-hydroxylation sites is 2. The zero-order valence-electron chi connectivity index (χ0n) is 12.4. The van der Waals surface area contributed by atoms with Gasteiger partial charge in [-0.2, -0.15) is 0 Å². The number of anilines is 1. The second-order valence-electron chi connectivity index (χ2n) is 4.96. The van der Waals surface area contributed by atoms with Gasteiger partial charge < -0.3 is 9.88 Å². The van der Waals surface area contributed by atoms with Crippen molar-refractivity contribution in [3.05, 3.63) is 70.4 Å². The number of aromatic nitrogens is 2. The van der Waals surface area contributed by atoms with Gasteiger partial charge in [0.2, 0.25) is 0 Å². The van der Waals surface area contributed by atoms with E-state index in [0.29, 0.717) is 17.6 Å². The number of fused-ring (bicyclic) bond motifs is 1. The summed E-state index contributed by atoms with van der Waals surface area (Å²) in [5, 5.41) is 2.50. The summed E-state index contributed by atoms with van der Waals surface area (Å²) >= 11 is 0. The Hall–Kier alpha value is -3.02. The van der Waals surface area contributed by atoms with Gasteiger partial charge in [-0.05, 0) is 37.3 Å². The van der Waals surface area contributed by atoms with Crippen LogP contribution >= 0.6 is 0 Å². The Balaban J connectivity index is 2.07. The first-order valence-electron chi connectivity index (χ1n) is 7.16. The summed E-state index contributed by atoms with van der Waals surface area (Å²) < 4.78 is 14.7. The van der Waals surface area contributed by atoms with Gasteiger partial charge in [-0.25, -0.2) is 9.37 Å². The molecule has 1 amide bonds. The highest BCUT2D eigenvalue weighted by Crippen LogP contribution is 2.12. The van der Waals surface area contributed by atoms with Crippen molar-refractivity contribution in [2.45, 2.75) is 13.5 Å². The van der Waals surface area contributed by atoms with Crippen LogP contribution in [0.1, 0.15) is 17.4 Å². The third-order valence-corrected chi connectivity index (χ3v) is 3.47. The second-order valence-corrected chi connectivity index (χ2v) is 4.96. The highest BCUT2D eigenvalue weighted by atomic mass is 19.1. The summed E-state index contributed by atoms with van der Waals surface area (Å²) in [5.74, 6) is -1.13. The molecule has 1 N–H and O–H groups in total. The Labute approximate surface area is 131 Å². The maximum atomic E-state index is 13.2. The van der Waals surface area contributed by atoms with Gasteiger partial charge in [0.25, 0.3) is 11.5 Å². The summed E-state index contributed by atoms with van der Waals surface area (Å²) in [6, 6.07) is 12.6. The highest BCUT2D eigenvalue weighted by molar-refractivity contribution is 6.03. The summed E-state index contributed by atoms with van der Waals surface area (Å²) in [5.41, 5.74) is 0.808. The molecule has 0 spiro atoms. The summed E-state index contributed by atoms with van der Waals surface area (Å²) in [6.45, 7) is 2.24. The van der Waals surface area contributed by atoms with Crippen LogP contribution in [0.4, 0.5) is 10.1 Å². The lowest BCUT2D eigenvalue weighted by Crippen LogP contribution is -2.31. The van der Waals surface area contributed by atoms with E-state index in [9.17, 15) is 14.0 Å². The number of amides is 1. The normalized spacial score (nSPS) is 10.7.